The van der Waals surface area contributed by atoms with E-state index in [0.717, 1.165) is 56.8 Å². The fraction of sp³-hybridized carbons (Fsp3) is 0.733. The number of aryl methyl sites for hydroxylation is 2. The van der Waals surface area contributed by atoms with E-state index in [1.165, 1.54) is 0 Å². The third kappa shape index (κ3) is 3.20. The molecule has 0 aromatic carbocycles. The van der Waals surface area contributed by atoms with E-state index >= 15 is 0 Å². The number of rotatable bonds is 5. The van der Waals surface area contributed by atoms with Crippen LogP contribution in [-0.2, 0) is 6.54 Å². The number of hydrogen-bond acceptors (Lipinski definition) is 3. The second kappa shape index (κ2) is 6.88. The van der Waals surface area contributed by atoms with Gasteiger partial charge in [0, 0.05) is 25.7 Å². The molecule has 0 saturated carbocycles. The molecule has 1 aromatic heterocycles. The lowest BCUT2D eigenvalue weighted by atomic mass is 10.0. The molecule has 1 fully saturated rings. The highest BCUT2D eigenvalue weighted by atomic mass is 16.2. The van der Waals surface area contributed by atoms with Crippen LogP contribution in [0.2, 0.25) is 0 Å². The number of nitrogens with one attached hydrogen (secondary N) is 1. The smallest absolute Gasteiger partial charge is 0.272 e. The second-order valence-electron chi connectivity index (χ2n) is 5.49. The molecule has 1 amide bonds. The summed E-state index contributed by atoms with van der Waals surface area (Å²) in [6, 6.07) is 2.22. The molecule has 0 aliphatic carbocycles. The molecule has 0 radical (unpaired) electrons. The topological polar surface area (TPSA) is 50.2 Å². The summed E-state index contributed by atoms with van der Waals surface area (Å²) in [5.74, 6) is 0.128. The Bertz CT molecular complexity index is 449. The van der Waals surface area contributed by atoms with Crippen molar-refractivity contribution in [2.75, 3.05) is 19.6 Å². The maximum Gasteiger partial charge on any atom is 0.272 e. The molecule has 1 aliphatic rings. The Morgan fingerprint density at radius 2 is 2.35 bits per heavy atom. The predicted molar refractivity (Wildman–Crippen MR) is 79.9 cm³/mol. The van der Waals surface area contributed by atoms with E-state index in [4.69, 9.17) is 0 Å². The highest BCUT2D eigenvalue weighted by molar-refractivity contribution is 5.93. The molecule has 1 N–H and O–H groups in total. The molecular formula is C15H26N4O. The first-order valence-corrected chi connectivity index (χ1v) is 7.73. The van der Waals surface area contributed by atoms with Crippen molar-refractivity contribution in [3.05, 3.63) is 17.5 Å². The van der Waals surface area contributed by atoms with Crippen LogP contribution in [-0.4, -0.2) is 46.3 Å². The molecule has 2 heterocycles. The van der Waals surface area contributed by atoms with E-state index in [1.54, 1.807) is 0 Å². The molecule has 1 unspecified atom stereocenters. The quantitative estimate of drug-likeness (QED) is 0.894. The lowest BCUT2D eigenvalue weighted by molar-refractivity contribution is 0.0636. The number of amides is 1. The minimum absolute atomic E-state index is 0.128. The van der Waals surface area contributed by atoms with Gasteiger partial charge in [0.05, 0.1) is 5.69 Å². The Labute approximate surface area is 121 Å². The maximum absolute atomic E-state index is 12.9. The second-order valence-corrected chi connectivity index (χ2v) is 5.49. The van der Waals surface area contributed by atoms with Gasteiger partial charge in [0.25, 0.3) is 5.91 Å². The number of piperidine rings is 1. The average Bonchev–Trinajstić information content (AvgIpc) is 2.86. The first-order chi connectivity index (χ1) is 9.67. The molecule has 112 valence electrons. The largest absolute Gasteiger partial charge is 0.333 e. The van der Waals surface area contributed by atoms with Crippen molar-refractivity contribution in [3.63, 3.8) is 0 Å². The summed E-state index contributed by atoms with van der Waals surface area (Å²) in [6.07, 6.45) is 3.23. The number of carbonyl (C=O) groups is 1. The van der Waals surface area contributed by atoms with E-state index < -0.39 is 0 Å². The summed E-state index contributed by atoms with van der Waals surface area (Å²) in [5, 5.41) is 7.79. The van der Waals surface area contributed by atoms with Crippen LogP contribution in [0.15, 0.2) is 6.07 Å². The number of hydrogen-bond donors (Lipinski definition) is 1. The molecule has 1 aromatic rings. The van der Waals surface area contributed by atoms with Gasteiger partial charge in [-0.25, -0.2) is 0 Å². The van der Waals surface area contributed by atoms with Crippen LogP contribution in [0.25, 0.3) is 0 Å². The molecule has 2 rings (SSSR count). The van der Waals surface area contributed by atoms with Crippen LogP contribution in [0.5, 0.6) is 0 Å². The van der Waals surface area contributed by atoms with Gasteiger partial charge in [0.2, 0.25) is 0 Å². The normalized spacial score (nSPS) is 19.1. The lowest BCUT2D eigenvalue weighted by Gasteiger charge is -2.34. The van der Waals surface area contributed by atoms with Gasteiger partial charge in [-0.05, 0) is 45.7 Å². The van der Waals surface area contributed by atoms with Gasteiger partial charge < -0.3 is 10.2 Å². The van der Waals surface area contributed by atoms with Gasteiger partial charge in [0.1, 0.15) is 5.69 Å². The third-order valence-electron chi connectivity index (χ3n) is 3.86. The van der Waals surface area contributed by atoms with E-state index in [9.17, 15) is 4.79 Å². The molecule has 0 spiro atoms. The SMILES string of the molecule is CCCN(C(=O)c1cc(C)nn1CC)C1CCCNC1. The first kappa shape index (κ1) is 15.0. The molecule has 5 heteroatoms. The van der Waals surface area contributed by atoms with Crippen LogP contribution in [0, 0.1) is 6.92 Å². The van der Waals surface area contributed by atoms with Crippen molar-refractivity contribution in [2.24, 2.45) is 0 Å². The van der Waals surface area contributed by atoms with E-state index in [0.29, 0.717) is 6.04 Å². The van der Waals surface area contributed by atoms with Crippen LogP contribution in [0.1, 0.15) is 49.3 Å². The van der Waals surface area contributed by atoms with Crippen molar-refractivity contribution in [1.82, 2.24) is 20.0 Å². The lowest BCUT2D eigenvalue weighted by Crippen LogP contribution is -2.49. The van der Waals surface area contributed by atoms with Gasteiger partial charge in [-0.15, -0.1) is 0 Å². The number of nitrogens with zero attached hydrogens (tertiary/aromatic N) is 3. The van der Waals surface area contributed by atoms with Crippen LogP contribution >= 0.6 is 0 Å². The minimum Gasteiger partial charge on any atom is -0.333 e. The van der Waals surface area contributed by atoms with E-state index in [2.05, 4.69) is 17.3 Å². The monoisotopic (exact) mass is 278 g/mol. The van der Waals surface area contributed by atoms with Crippen LogP contribution in [0.3, 0.4) is 0 Å². The molecule has 5 nitrogen and oxygen atoms in total. The minimum atomic E-state index is 0.128. The Balaban J connectivity index is 2.20. The summed E-state index contributed by atoms with van der Waals surface area (Å²) < 4.78 is 1.82. The Morgan fingerprint density at radius 3 is 2.95 bits per heavy atom. The summed E-state index contributed by atoms with van der Waals surface area (Å²) in [4.78, 5) is 14.9. The molecule has 0 bridgehead atoms. The molecule has 1 atom stereocenters. The zero-order valence-corrected chi connectivity index (χ0v) is 12.9. The summed E-state index contributed by atoms with van der Waals surface area (Å²) in [5.41, 5.74) is 1.64. The van der Waals surface area contributed by atoms with Gasteiger partial charge in [-0.2, -0.15) is 5.10 Å². The molecule has 20 heavy (non-hydrogen) atoms. The number of carbonyl (C=O) groups excluding carboxylic acids is 1. The molecular weight excluding hydrogens is 252 g/mol. The molecule has 1 saturated heterocycles. The van der Waals surface area contributed by atoms with Gasteiger partial charge in [0.15, 0.2) is 0 Å². The van der Waals surface area contributed by atoms with Crippen molar-refractivity contribution >= 4 is 5.91 Å². The van der Waals surface area contributed by atoms with Crippen molar-refractivity contribution < 1.29 is 4.79 Å². The zero-order valence-electron chi connectivity index (χ0n) is 12.9. The Morgan fingerprint density at radius 1 is 1.55 bits per heavy atom. The number of aromatic nitrogens is 2. The van der Waals surface area contributed by atoms with Crippen molar-refractivity contribution in [3.8, 4) is 0 Å². The van der Waals surface area contributed by atoms with Crippen LogP contribution < -0.4 is 5.32 Å². The standard InChI is InChI=1S/C15H26N4O/c1-4-9-18(13-7-6-8-16-11-13)15(20)14-10-12(3)17-19(14)5-2/h10,13,16H,4-9,11H2,1-3H3. The van der Waals surface area contributed by atoms with Gasteiger partial charge >= 0.3 is 0 Å². The molecule has 1 aliphatic heterocycles. The summed E-state index contributed by atoms with van der Waals surface area (Å²) >= 11 is 0. The van der Waals surface area contributed by atoms with Crippen molar-refractivity contribution in [2.45, 2.75) is 52.6 Å². The first-order valence-electron chi connectivity index (χ1n) is 7.73. The fourth-order valence-corrected chi connectivity index (χ4v) is 2.90. The fourth-order valence-electron chi connectivity index (χ4n) is 2.90. The Kier molecular flexibility index (Phi) is 5.17. The van der Waals surface area contributed by atoms with Crippen molar-refractivity contribution in [1.29, 1.82) is 0 Å². The third-order valence-corrected chi connectivity index (χ3v) is 3.86. The van der Waals surface area contributed by atoms with E-state index in [1.807, 2.05) is 29.5 Å². The Hall–Kier alpha value is -1.36. The highest BCUT2D eigenvalue weighted by Gasteiger charge is 2.27. The van der Waals surface area contributed by atoms with Crippen LogP contribution in [0.4, 0.5) is 0 Å². The average molecular weight is 278 g/mol. The summed E-state index contributed by atoms with van der Waals surface area (Å²) in [7, 11) is 0. The van der Waals surface area contributed by atoms with E-state index in [-0.39, 0.29) is 5.91 Å². The maximum atomic E-state index is 12.9. The highest BCUT2D eigenvalue weighted by Crippen LogP contribution is 2.16. The van der Waals surface area contributed by atoms with Gasteiger partial charge in [-0.1, -0.05) is 6.92 Å². The summed E-state index contributed by atoms with van der Waals surface area (Å²) in [6.45, 7) is 9.61. The zero-order chi connectivity index (χ0) is 14.5. The predicted octanol–water partition coefficient (Wildman–Crippen LogP) is 1.82. The van der Waals surface area contributed by atoms with Gasteiger partial charge in [-0.3, -0.25) is 9.48 Å².